The van der Waals surface area contributed by atoms with Crippen LogP contribution in [-0.4, -0.2) is 11.0 Å². The van der Waals surface area contributed by atoms with Gasteiger partial charge in [0.05, 0.1) is 0 Å². The molecule has 0 aliphatic rings. The maximum atomic E-state index is 11.6. The van der Waals surface area contributed by atoms with Gasteiger partial charge in [0.15, 0.2) is 5.75 Å². The lowest BCUT2D eigenvalue weighted by Crippen LogP contribution is -2.04. The summed E-state index contributed by atoms with van der Waals surface area (Å²) in [5, 5.41) is 0.652. The zero-order chi connectivity index (χ0) is 13.7. The van der Waals surface area contributed by atoms with E-state index in [4.69, 9.17) is 16.3 Å². The fourth-order valence-electron chi connectivity index (χ4n) is 1.33. The number of carbonyl (C=O) groups is 1. The van der Waals surface area contributed by atoms with Gasteiger partial charge in [0.25, 0.3) is 0 Å². The Labute approximate surface area is 124 Å². The molecule has 0 amide bonds. The molecule has 2 rings (SSSR count). The molecule has 0 aliphatic carbocycles. The van der Waals surface area contributed by atoms with E-state index in [1.54, 1.807) is 36.5 Å². The fraction of sp³-hybridized carbons (Fsp3) is 0. The summed E-state index contributed by atoms with van der Waals surface area (Å²) in [5.74, 6) is -0.0862. The Kier molecular flexibility index (Phi) is 4.71. The van der Waals surface area contributed by atoms with Gasteiger partial charge in [-0.15, -0.1) is 0 Å². The molecule has 0 saturated heterocycles. The molecule has 1 aromatic carbocycles. The predicted octanol–water partition coefficient (Wildman–Crippen LogP) is 4.12. The molecule has 0 saturated carbocycles. The van der Waals surface area contributed by atoms with Crippen molar-refractivity contribution < 1.29 is 9.53 Å². The van der Waals surface area contributed by atoms with Crippen molar-refractivity contribution in [2.75, 3.05) is 0 Å². The quantitative estimate of drug-likeness (QED) is 0.480. The van der Waals surface area contributed by atoms with E-state index < -0.39 is 5.97 Å². The summed E-state index contributed by atoms with van der Waals surface area (Å²) >= 11 is 8.97. The van der Waals surface area contributed by atoms with Crippen molar-refractivity contribution in [2.24, 2.45) is 0 Å². The van der Waals surface area contributed by atoms with Crippen molar-refractivity contribution in [3.63, 3.8) is 0 Å². The summed E-state index contributed by atoms with van der Waals surface area (Å²) in [4.78, 5) is 15.6. The first-order valence-electron chi connectivity index (χ1n) is 5.41. The second-order valence-electron chi connectivity index (χ2n) is 3.60. The van der Waals surface area contributed by atoms with E-state index in [2.05, 4.69) is 20.9 Å². The van der Waals surface area contributed by atoms with E-state index in [0.29, 0.717) is 15.4 Å². The van der Waals surface area contributed by atoms with Gasteiger partial charge in [-0.1, -0.05) is 23.7 Å². The monoisotopic (exact) mass is 337 g/mol. The van der Waals surface area contributed by atoms with Crippen molar-refractivity contribution >= 4 is 39.6 Å². The van der Waals surface area contributed by atoms with E-state index in [1.807, 2.05) is 12.1 Å². The maximum absolute atomic E-state index is 11.6. The maximum Gasteiger partial charge on any atom is 0.336 e. The van der Waals surface area contributed by atoms with Gasteiger partial charge in [0, 0.05) is 17.3 Å². The summed E-state index contributed by atoms with van der Waals surface area (Å²) in [5.41, 5.74) is 0.867. The van der Waals surface area contributed by atoms with Crippen molar-refractivity contribution in [1.29, 1.82) is 0 Å². The Morgan fingerprint density at radius 2 is 2.00 bits per heavy atom. The van der Waals surface area contributed by atoms with E-state index in [1.165, 1.54) is 6.08 Å². The minimum atomic E-state index is -0.469. The summed E-state index contributed by atoms with van der Waals surface area (Å²) in [7, 11) is 0. The van der Waals surface area contributed by atoms with Crippen LogP contribution in [0, 0.1) is 0 Å². The Morgan fingerprint density at radius 3 is 2.68 bits per heavy atom. The number of pyridine rings is 1. The fourth-order valence-corrected chi connectivity index (χ4v) is 1.79. The van der Waals surface area contributed by atoms with Crippen LogP contribution < -0.4 is 4.74 Å². The molecule has 0 radical (unpaired) electrons. The lowest BCUT2D eigenvalue weighted by atomic mass is 10.2. The van der Waals surface area contributed by atoms with Crippen LogP contribution in [0.25, 0.3) is 6.08 Å². The van der Waals surface area contributed by atoms with Gasteiger partial charge in [-0.2, -0.15) is 0 Å². The molecule has 19 heavy (non-hydrogen) atoms. The third kappa shape index (κ3) is 4.19. The highest BCUT2D eigenvalue weighted by molar-refractivity contribution is 9.10. The first-order chi connectivity index (χ1) is 9.15. The van der Waals surface area contributed by atoms with Crippen molar-refractivity contribution in [3.8, 4) is 5.75 Å². The molecule has 1 aromatic heterocycles. The largest absolute Gasteiger partial charge is 0.420 e. The number of benzene rings is 1. The highest BCUT2D eigenvalue weighted by Crippen LogP contribution is 2.21. The smallest absolute Gasteiger partial charge is 0.336 e. The van der Waals surface area contributed by atoms with Crippen LogP contribution in [-0.2, 0) is 4.79 Å². The van der Waals surface area contributed by atoms with Gasteiger partial charge in [0.1, 0.15) is 4.60 Å². The van der Waals surface area contributed by atoms with E-state index in [-0.39, 0.29) is 0 Å². The van der Waals surface area contributed by atoms with E-state index >= 15 is 0 Å². The van der Waals surface area contributed by atoms with Crippen LogP contribution in [0.4, 0.5) is 0 Å². The van der Waals surface area contributed by atoms with Gasteiger partial charge < -0.3 is 4.74 Å². The normalized spacial score (nSPS) is 10.6. The lowest BCUT2D eigenvalue weighted by molar-refractivity contribution is -0.128. The number of hydrogen-bond acceptors (Lipinski definition) is 3. The van der Waals surface area contributed by atoms with E-state index in [0.717, 1.165) is 5.56 Å². The first kappa shape index (κ1) is 13.8. The molecular formula is C14H9BrClNO2. The van der Waals surface area contributed by atoms with Gasteiger partial charge in [-0.25, -0.2) is 9.78 Å². The third-order valence-corrected chi connectivity index (χ3v) is 3.06. The summed E-state index contributed by atoms with van der Waals surface area (Å²) < 4.78 is 5.62. The molecule has 0 unspecified atom stereocenters. The van der Waals surface area contributed by atoms with Gasteiger partial charge in [-0.05, 0) is 51.8 Å². The van der Waals surface area contributed by atoms with Gasteiger partial charge in [-0.3, -0.25) is 0 Å². The number of rotatable bonds is 3. The minimum absolute atomic E-state index is 0.383. The number of carbonyl (C=O) groups excluding carboxylic acids is 1. The molecule has 1 heterocycles. The molecule has 0 aliphatic heterocycles. The van der Waals surface area contributed by atoms with Crippen molar-refractivity contribution in [3.05, 3.63) is 63.9 Å². The minimum Gasteiger partial charge on any atom is -0.420 e. The number of halogens is 2. The van der Waals surface area contributed by atoms with Crippen molar-refractivity contribution in [1.82, 2.24) is 4.98 Å². The van der Waals surface area contributed by atoms with Crippen LogP contribution in [0.5, 0.6) is 5.75 Å². The average Bonchev–Trinajstić information content (AvgIpc) is 2.41. The number of esters is 1. The zero-order valence-corrected chi connectivity index (χ0v) is 12.1. The SMILES string of the molecule is O=C(C=Cc1ccc(Cl)cc1)Oc1cccnc1Br. The molecular weight excluding hydrogens is 330 g/mol. The van der Waals surface area contributed by atoms with Gasteiger partial charge >= 0.3 is 5.97 Å². The van der Waals surface area contributed by atoms with Crippen LogP contribution >= 0.6 is 27.5 Å². The number of nitrogens with zero attached hydrogens (tertiary/aromatic N) is 1. The molecule has 0 fully saturated rings. The lowest BCUT2D eigenvalue weighted by Gasteiger charge is -2.02. The number of hydrogen-bond donors (Lipinski definition) is 0. The molecule has 3 nitrogen and oxygen atoms in total. The molecule has 0 bridgehead atoms. The Balaban J connectivity index is 2.02. The average molecular weight is 339 g/mol. The third-order valence-electron chi connectivity index (χ3n) is 2.22. The second-order valence-corrected chi connectivity index (χ2v) is 4.79. The van der Waals surface area contributed by atoms with E-state index in [9.17, 15) is 4.79 Å². The standard InChI is InChI=1S/C14H9BrClNO2/c15-14-12(2-1-9-17-14)19-13(18)8-5-10-3-6-11(16)7-4-10/h1-9H. The van der Waals surface area contributed by atoms with Crippen LogP contribution in [0.2, 0.25) is 5.02 Å². The first-order valence-corrected chi connectivity index (χ1v) is 6.58. The molecule has 5 heteroatoms. The Hall–Kier alpha value is -1.65. The van der Waals surface area contributed by atoms with Crippen molar-refractivity contribution in [2.45, 2.75) is 0 Å². The van der Waals surface area contributed by atoms with Gasteiger partial charge in [0.2, 0.25) is 0 Å². The molecule has 0 atom stereocenters. The van der Waals surface area contributed by atoms with Crippen LogP contribution in [0.15, 0.2) is 53.3 Å². The number of ether oxygens (including phenoxy) is 1. The molecule has 0 N–H and O–H groups in total. The highest BCUT2D eigenvalue weighted by Gasteiger charge is 2.04. The second kappa shape index (κ2) is 6.50. The Bertz CT molecular complexity index is 611. The summed E-state index contributed by atoms with van der Waals surface area (Å²) in [6.45, 7) is 0. The molecule has 2 aromatic rings. The topological polar surface area (TPSA) is 39.2 Å². The predicted molar refractivity (Wildman–Crippen MR) is 78.1 cm³/mol. The Morgan fingerprint density at radius 1 is 1.26 bits per heavy atom. The van der Waals surface area contributed by atoms with Crippen LogP contribution in [0.3, 0.4) is 0 Å². The number of aromatic nitrogens is 1. The van der Waals surface area contributed by atoms with Crippen LogP contribution in [0.1, 0.15) is 5.56 Å². The summed E-state index contributed by atoms with van der Waals surface area (Å²) in [6, 6.07) is 10.5. The molecule has 96 valence electrons. The highest BCUT2D eigenvalue weighted by atomic mass is 79.9. The zero-order valence-electron chi connectivity index (χ0n) is 9.72. The summed E-state index contributed by atoms with van der Waals surface area (Å²) in [6.07, 6.45) is 4.61. The molecule has 0 spiro atoms.